The van der Waals surface area contributed by atoms with Crippen molar-refractivity contribution in [1.29, 1.82) is 0 Å². The van der Waals surface area contributed by atoms with Crippen molar-refractivity contribution in [2.45, 2.75) is 22.5 Å². The Labute approximate surface area is 125 Å². The smallest absolute Gasteiger partial charge is 0.218 e. The molecule has 0 spiro atoms. The number of ether oxygens (including phenoxy) is 2. The van der Waals surface area contributed by atoms with Crippen LogP contribution in [0.15, 0.2) is 10.1 Å². The summed E-state index contributed by atoms with van der Waals surface area (Å²) >= 11 is 25.6. The molecule has 2 rings (SSSR count). The predicted octanol–water partition coefficient (Wildman–Crippen LogP) is 3.10. The molecule has 2 unspecified atom stereocenters. The van der Waals surface area contributed by atoms with Crippen LogP contribution in [0.1, 0.15) is 6.92 Å². The minimum atomic E-state index is -1.47. The lowest BCUT2D eigenvalue weighted by Gasteiger charge is -2.41. The highest BCUT2D eigenvalue weighted by atomic mass is 35.5. The van der Waals surface area contributed by atoms with Crippen LogP contribution in [0, 0.1) is 11.8 Å². The quantitative estimate of drug-likeness (QED) is 0.452. The van der Waals surface area contributed by atoms with Crippen molar-refractivity contribution in [1.82, 2.24) is 0 Å². The molecular formula is C11H12Cl4O3. The summed E-state index contributed by atoms with van der Waals surface area (Å²) in [5, 5.41) is 0.287. The first-order chi connectivity index (χ1) is 8.29. The van der Waals surface area contributed by atoms with Gasteiger partial charge in [0.1, 0.15) is 16.0 Å². The van der Waals surface area contributed by atoms with Gasteiger partial charge < -0.3 is 14.3 Å². The molecule has 0 N–H and O–H groups in total. The average molecular weight is 334 g/mol. The second-order valence-corrected chi connectivity index (χ2v) is 6.48. The number of fused-ring (bicyclic) bond motifs is 2. The van der Waals surface area contributed by atoms with Crippen LogP contribution in [0.3, 0.4) is 0 Å². The number of carbonyl (C=O) groups excluding carboxylic acids is 1. The Morgan fingerprint density at radius 2 is 1.56 bits per heavy atom. The third-order valence-corrected chi connectivity index (χ3v) is 6.87. The van der Waals surface area contributed by atoms with E-state index < -0.39 is 21.5 Å². The van der Waals surface area contributed by atoms with Crippen molar-refractivity contribution in [3.05, 3.63) is 10.1 Å². The molecule has 0 heterocycles. The zero-order valence-electron chi connectivity index (χ0n) is 9.97. The first-order valence-electron chi connectivity index (χ1n) is 5.29. The topological polar surface area (TPSA) is 35.5 Å². The third-order valence-electron chi connectivity index (χ3n) is 4.14. The van der Waals surface area contributed by atoms with Crippen LogP contribution in [-0.4, -0.2) is 36.0 Å². The van der Waals surface area contributed by atoms with E-state index in [1.165, 1.54) is 14.2 Å². The number of alkyl halides is 2. The SMILES string of the molecule is COC1(OC)C2(Cl)C(Cl)=C(Cl)C1(Cl)[C@@H](C=O)[C@@H]2C. The number of methoxy groups -OCH3 is 2. The molecule has 102 valence electrons. The molecule has 7 heteroatoms. The van der Waals surface area contributed by atoms with Gasteiger partial charge in [0.25, 0.3) is 0 Å². The van der Waals surface area contributed by atoms with E-state index in [4.69, 9.17) is 55.9 Å². The Kier molecular flexibility index (Phi) is 3.51. The van der Waals surface area contributed by atoms with Gasteiger partial charge in [0, 0.05) is 20.1 Å². The summed E-state index contributed by atoms with van der Waals surface area (Å²) in [6, 6.07) is 0. The Hall–Kier alpha value is 0.490. The van der Waals surface area contributed by atoms with Gasteiger partial charge >= 0.3 is 0 Å². The normalized spacial score (nSPS) is 45.7. The van der Waals surface area contributed by atoms with Crippen molar-refractivity contribution in [2.75, 3.05) is 14.2 Å². The van der Waals surface area contributed by atoms with E-state index in [0.29, 0.717) is 0 Å². The number of carbonyl (C=O) groups is 1. The molecule has 18 heavy (non-hydrogen) atoms. The van der Waals surface area contributed by atoms with Gasteiger partial charge in [-0.2, -0.15) is 0 Å². The first-order valence-corrected chi connectivity index (χ1v) is 6.80. The van der Waals surface area contributed by atoms with Crippen LogP contribution in [0.25, 0.3) is 0 Å². The average Bonchev–Trinajstić information content (AvgIpc) is 2.59. The fourth-order valence-electron chi connectivity index (χ4n) is 3.22. The Bertz CT molecular complexity index is 434. The molecule has 0 aromatic carbocycles. The Morgan fingerprint density at radius 3 is 1.89 bits per heavy atom. The number of halogens is 4. The minimum Gasteiger partial charge on any atom is -0.350 e. The first kappa shape index (κ1) is 14.9. The van der Waals surface area contributed by atoms with E-state index in [-0.39, 0.29) is 16.0 Å². The van der Waals surface area contributed by atoms with E-state index in [1.54, 1.807) is 6.92 Å². The Morgan fingerprint density at radius 1 is 1.11 bits per heavy atom. The van der Waals surface area contributed by atoms with Crippen molar-refractivity contribution >= 4 is 52.7 Å². The highest BCUT2D eigenvalue weighted by Crippen LogP contribution is 2.73. The molecule has 2 aliphatic rings. The standard InChI is InChI=1S/C11H12Cl4O3/c1-5-6(4-16)10(15)8(13)7(12)9(5,14)11(10,17-2)18-3/h4-6H,1-3H3/t5-,6-,9?,10?/m0/s1. The maximum atomic E-state index is 11.3. The molecule has 0 amide bonds. The summed E-state index contributed by atoms with van der Waals surface area (Å²) in [4.78, 5) is 8.67. The van der Waals surface area contributed by atoms with Gasteiger partial charge in [-0.1, -0.05) is 30.1 Å². The van der Waals surface area contributed by atoms with E-state index in [1.807, 2.05) is 0 Å². The van der Waals surface area contributed by atoms with Gasteiger partial charge in [0.05, 0.1) is 10.1 Å². The largest absolute Gasteiger partial charge is 0.350 e. The molecule has 0 aromatic rings. The number of hydrogen-bond donors (Lipinski definition) is 0. The lowest BCUT2D eigenvalue weighted by Crippen LogP contribution is -2.57. The van der Waals surface area contributed by atoms with Crippen LogP contribution >= 0.6 is 46.4 Å². The van der Waals surface area contributed by atoms with Crippen LogP contribution < -0.4 is 0 Å². The molecule has 4 atom stereocenters. The van der Waals surface area contributed by atoms with E-state index in [9.17, 15) is 4.79 Å². The summed E-state index contributed by atoms with van der Waals surface area (Å²) in [6.07, 6.45) is 0.723. The highest BCUT2D eigenvalue weighted by Gasteiger charge is 2.83. The molecule has 2 bridgehead atoms. The van der Waals surface area contributed by atoms with Gasteiger partial charge in [-0.25, -0.2) is 0 Å². The van der Waals surface area contributed by atoms with Crippen LogP contribution in [0.4, 0.5) is 0 Å². The minimum absolute atomic E-state index is 0.111. The molecule has 0 aromatic heterocycles. The van der Waals surface area contributed by atoms with Crippen LogP contribution in [-0.2, 0) is 14.3 Å². The second kappa shape index (κ2) is 4.24. The molecule has 1 saturated carbocycles. The molecule has 1 fully saturated rings. The number of aldehydes is 1. The molecule has 0 saturated heterocycles. The molecule has 3 nitrogen and oxygen atoms in total. The molecule has 2 aliphatic carbocycles. The van der Waals surface area contributed by atoms with E-state index in [0.717, 1.165) is 6.29 Å². The van der Waals surface area contributed by atoms with Crippen molar-refractivity contribution in [2.24, 2.45) is 11.8 Å². The van der Waals surface area contributed by atoms with Gasteiger partial charge in [0.15, 0.2) is 0 Å². The van der Waals surface area contributed by atoms with Gasteiger partial charge in [-0.15, -0.1) is 23.2 Å². The zero-order valence-corrected chi connectivity index (χ0v) is 13.0. The van der Waals surface area contributed by atoms with Crippen LogP contribution in [0.2, 0.25) is 0 Å². The van der Waals surface area contributed by atoms with E-state index >= 15 is 0 Å². The summed E-state index contributed by atoms with van der Waals surface area (Å²) in [6.45, 7) is 1.77. The summed E-state index contributed by atoms with van der Waals surface area (Å²) in [5.74, 6) is -2.49. The maximum Gasteiger partial charge on any atom is 0.218 e. The second-order valence-electron chi connectivity index (χ2n) is 4.53. The van der Waals surface area contributed by atoms with E-state index in [2.05, 4.69) is 0 Å². The lowest BCUT2D eigenvalue weighted by molar-refractivity contribution is -0.220. The zero-order chi connectivity index (χ0) is 13.9. The van der Waals surface area contributed by atoms with Crippen molar-refractivity contribution < 1.29 is 14.3 Å². The molecule has 0 radical (unpaired) electrons. The van der Waals surface area contributed by atoms with Crippen LogP contribution in [0.5, 0.6) is 0 Å². The van der Waals surface area contributed by atoms with Gasteiger partial charge in [-0.05, 0) is 5.92 Å². The highest BCUT2D eigenvalue weighted by molar-refractivity contribution is 6.52. The van der Waals surface area contributed by atoms with Gasteiger partial charge in [0.2, 0.25) is 5.79 Å². The van der Waals surface area contributed by atoms with Crippen molar-refractivity contribution in [3.8, 4) is 0 Å². The summed E-state index contributed by atoms with van der Waals surface area (Å²) in [7, 11) is 2.80. The Balaban J connectivity index is 2.80. The fraction of sp³-hybridized carbons (Fsp3) is 0.727. The maximum absolute atomic E-state index is 11.3. The number of hydrogen-bond acceptors (Lipinski definition) is 3. The summed E-state index contributed by atoms with van der Waals surface area (Å²) in [5.41, 5.74) is 0. The molecular weight excluding hydrogens is 322 g/mol. The lowest BCUT2D eigenvalue weighted by atomic mass is 9.84. The van der Waals surface area contributed by atoms with Gasteiger partial charge in [-0.3, -0.25) is 0 Å². The monoisotopic (exact) mass is 332 g/mol. The summed E-state index contributed by atoms with van der Waals surface area (Å²) < 4.78 is 10.9. The predicted molar refractivity (Wildman–Crippen MR) is 71.4 cm³/mol. The molecule has 0 aliphatic heterocycles. The number of rotatable bonds is 3. The fourth-order valence-corrected chi connectivity index (χ4v) is 5.38. The third kappa shape index (κ3) is 1.16. The van der Waals surface area contributed by atoms with Crippen molar-refractivity contribution in [3.63, 3.8) is 0 Å².